The first-order chi connectivity index (χ1) is 23.8. The fourth-order valence-electron chi connectivity index (χ4n) is 4.73. The molecule has 1 aliphatic carbocycles. The van der Waals surface area contributed by atoms with Gasteiger partial charge >= 0.3 is 12.7 Å². The minimum atomic E-state index is -3.16. The second-order valence-electron chi connectivity index (χ2n) is 11.1. The number of aromatic nitrogens is 1. The summed E-state index contributed by atoms with van der Waals surface area (Å²) in [6, 6.07) is 6.62. The van der Waals surface area contributed by atoms with Crippen LogP contribution in [0.3, 0.4) is 0 Å². The molecule has 1 unspecified atom stereocenters. The summed E-state index contributed by atoms with van der Waals surface area (Å²) in [6.45, 7) is -2.19. The van der Waals surface area contributed by atoms with Crippen molar-refractivity contribution in [1.82, 2.24) is 15.6 Å². The Kier molecular flexibility index (Phi) is 10.8. The number of carbonyl (C=O) groups is 3. The Morgan fingerprint density at radius 3 is 2.30 bits per heavy atom. The van der Waals surface area contributed by atoms with Crippen molar-refractivity contribution in [1.29, 1.82) is 0 Å². The molecule has 264 valence electrons. The van der Waals surface area contributed by atoms with E-state index in [1.165, 1.54) is 19.1 Å². The molecule has 0 aliphatic heterocycles. The minimum Gasteiger partial charge on any atom is -0.489 e. The zero-order valence-electron chi connectivity index (χ0n) is 26.0. The van der Waals surface area contributed by atoms with Crippen molar-refractivity contribution in [3.05, 3.63) is 100 Å². The van der Waals surface area contributed by atoms with Gasteiger partial charge in [0.15, 0.2) is 29.1 Å². The molecule has 4 aromatic rings. The van der Waals surface area contributed by atoms with Crippen molar-refractivity contribution in [3.8, 4) is 23.0 Å². The number of rotatable bonds is 14. The first-order valence-corrected chi connectivity index (χ1v) is 14.9. The highest BCUT2D eigenvalue weighted by Crippen LogP contribution is 2.37. The smallest absolute Gasteiger partial charge is 0.405 e. The van der Waals surface area contributed by atoms with Crippen molar-refractivity contribution in [2.24, 2.45) is 11.7 Å². The molecule has 17 heteroatoms. The van der Waals surface area contributed by atoms with E-state index in [1.54, 1.807) is 0 Å². The third-order valence-electron chi connectivity index (χ3n) is 7.39. The molecule has 1 aliphatic rings. The van der Waals surface area contributed by atoms with Crippen LogP contribution in [0.4, 0.5) is 31.1 Å². The largest absolute Gasteiger partial charge is 0.489 e. The maximum atomic E-state index is 15.0. The number of ether oxygens (including phenoxy) is 3. The molecule has 0 radical (unpaired) electrons. The standard InChI is InChI=1S/C33H28F6N4O7/c1-15(48-33(40)46)28-27(43-31(50-28)17-5-9-24(49-32(38)39)25(10-17)47-14-16-2-3-16)30(45)42-26(21-8-7-20(35)12-23(21)37)29(44)41-13-18-4-6-19(34)11-22(18)36/h4-12,15-16,26,32H,2-3,13-14H2,1H3,(H2,40,46)(H,41,44)(H,42,45)/t15-,26?/m0/s1. The number of primary amides is 1. The SMILES string of the molecule is C[C@H](OC(N)=O)c1oc(-c2ccc(OC(F)F)c(OCC3CC3)c2)nc1C(=O)NC(C(=O)NCc1ccc(F)cc1F)c1ccc(F)cc1F. The molecule has 1 heterocycles. The van der Waals surface area contributed by atoms with Crippen LogP contribution < -0.4 is 25.8 Å². The summed E-state index contributed by atoms with van der Waals surface area (Å²) in [5, 5.41) is 4.59. The van der Waals surface area contributed by atoms with Crippen LogP contribution in [-0.4, -0.2) is 36.1 Å². The van der Waals surface area contributed by atoms with Gasteiger partial charge in [0.2, 0.25) is 11.8 Å². The van der Waals surface area contributed by atoms with Crippen molar-refractivity contribution in [2.75, 3.05) is 6.61 Å². The van der Waals surface area contributed by atoms with Gasteiger partial charge in [-0.05, 0) is 56.0 Å². The van der Waals surface area contributed by atoms with Crippen molar-refractivity contribution >= 4 is 17.9 Å². The van der Waals surface area contributed by atoms with Crippen molar-refractivity contribution < 1.29 is 59.4 Å². The molecular formula is C33H28F6N4O7. The summed E-state index contributed by atoms with van der Waals surface area (Å²) >= 11 is 0. The highest BCUT2D eigenvalue weighted by atomic mass is 19.3. The van der Waals surface area contributed by atoms with E-state index in [2.05, 4.69) is 20.4 Å². The average Bonchev–Trinajstić information content (AvgIpc) is 3.77. The lowest BCUT2D eigenvalue weighted by Crippen LogP contribution is -2.41. The number of nitrogens with two attached hydrogens (primary N) is 1. The fourth-order valence-corrected chi connectivity index (χ4v) is 4.73. The number of amides is 3. The van der Waals surface area contributed by atoms with Crippen molar-refractivity contribution in [2.45, 2.75) is 45.1 Å². The van der Waals surface area contributed by atoms with E-state index in [0.29, 0.717) is 12.1 Å². The van der Waals surface area contributed by atoms with Crippen LogP contribution in [0.2, 0.25) is 0 Å². The number of halogens is 6. The average molecular weight is 707 g/mol. The number of nitrogens with zero attached hydrogens (tertiary/aromatic N) is 1. The molecule has 11 nitrogen and oxygen atoms in total. The molecule has 5 rings (SSSR count). The zero-order valence-corrected chi connectivity index (χ0v) is 26.0. The van der Waals surface area contributed by atoms with E-state index in [4.69, 9.17) is 19.6 Å². The summed E-state index contributed by atoms with van der Waals surface area (Å²) < 4.78 is 103. The summed E-state index contributed by atoms with van der Waals surface area (Å²) in [4.78, 5) is 42.8. The van der Waals surface area contributed by atoms with Gasteiger partial charge in [0.05, 0.1) is 6.61 Å². The molecule has 1 fully saturated rings. The first-order valence-electron chi connectivity index (χ1n) is 14.9. The highest BCUT2D eigenvalue weighted by molar-refractivity contribution is 5.97. The van der Waals surface area contributed by atoms with Gasteiger partial charge in [-0.25, -0.2) is 27.3 Å². The van der Waals surface area contributed by atoms with E-state index in [9.17, 15) is 40.7 Å². The summed E-state index contributed by atoms with van der Waals surface area (Å²) in [6.07, 6.45) is -0.829. The number of oxazole rings is 1. The summed E-state index contributed by atoms with van der Waals surface area (Å²) in [5.74, 6) is -7.17. The maximum Gasteiger partial charge on any atom is 0.405 e. The van der Waals surface area contributed by atoms with E-state index in [1.807, 2.05) is 0 Å². The Morgan fingerprint density at radius 2 is 1.66 bits per heavy atom. The molecule has 0 saturated heterocycles. The minimum absolute atomic E-state index is 0.0806. The summed E-state index contributed by atoms with van der Waals surface area (Å²) in [7, 11) is 0. The molecule has 3 amide bonds. The van der Waals surface area contributed by atoms with Gasteiger partial charge in [-0.3, -0.25) is 9.59 Å². The van der Waals surface area contributed by atoms with Crippen LogP contribution >= 0.6 is 0 Å². The van der Waals surface area contributed by atoms with Gasteiger partial charge in [-0.15, -0.1) is 0 Å². The van der Waals surface area contributed by atoms with Crippen LogP contribution in [0.25, 0.3) is 11.5 Å². The number of alkyl halides is 2. The lowest BCUT2D eigenvalue weighted by atomic mass is 10.0. The predicted molar refractivity (Wildman–Crippen MR) is 161 cm³/mol. The third kappa shape index (κ3) is 8.83. The van der Waals surface area contributed by atoms with E-state index in [0.717, 1.165) is 43.2 Å². The Labute approximate surface area is 279 Å². The van der Waals surface area contributed by atoms with Crippen LogP contribution in [0.15, 0.2) is 59.0 Å². The molecule has 0 bridgehead atoms. The molecule has 50 heavy (non-hydrogen) atoms. The van der Waals surface area contributed by atoms with Gasteiger partial charge in [0.1, 0.15) is 29.3 Å². The molecule has 1 aromatic heterocycles. The Bertz CT molecular complexity index is 1900. The maximum absolute atomic E-state index is 15.0. The van der Waals surface area contributed by atoms with Gasteiger partial charge in [-0.2, -0.15) is 8.78 Å². The highest BCUT2D eigenvalue weighted by Gasteiger charge is 2.32. The predicted octanol–water partition coefficient (Wildman–Crippen LogP) is 6.23. The van der Waals surface area contributed by atoms with Gasteiger partial charge in [0.25, 0.3) is 5.91 Å². The topological polar surface area (TPSA) is 155 Å². The van der Waals surface area contributed by atoms with Crippen LogP contribution in [0, 0.1) is 29.2 Å². The number of benzene rings is 3. The van der Waals surface area contributed by atoms with Crippen LogP contribution in [-0.2, 0) is 16.1 Å². The van der Waals surface area contributed by atoms with Crippen LogP contribution in [0.1, 0.15) is 59.3 Å². The Morgan fingerprint density at radius 1 is 0.960 bits per heavy atom. The fraction of sp³-hybridized carbons (Fsp3) is 0.273. The number of hydrogen-bond donors (Lipinski definition) is 3. The van der Waals surface area contributed by atoms with Crippen LogP contribution in [0.5, 0.6) is 11.5 Å². The monoisotopic (exact) mass is 706 g/mol. The number of hydrogen-bond acceptors (Lipinski definition) is 8. The quantitative estimate of drug-likeness (QED) is 0.130. The lowest BCUT2D eigenvalue weighted by molar-refractivity contribution is -0.123. The molecule has 4 N–H and O–H groups in total. The molecule has 1 saturated carbocycles. The molecule has 0 spiro atoms. The number of carbonyl (C=O) groups excluding carboxylic acids is 3. The number of nitrogens with one attached hydrogen (secondary N) is 2. The molecule has 2 atom stereocenters. The Balaban J connectivity index is 1.49. The van der Waals surface area contributed by atoms with Gasteiger partial charge < -0.3 is 35.0 Å². The third-order valence-corrected chi connectivity index (χ3v) is 7.39. The molecular weight excluding hydrogens is 678 g/mol. The van der Waals surface area contributed by atoms with E-state index < -0.39 is 83.5 Å². The second kappa shape index (κ2) is 15.2. The van der Waals surface area contributed by atoms with Crippen molar-refractivity contribution in [3.63, 3.8) is 0 Å². The zero-order chi connectivity index (χ0) is 36.1. The second-order valence-corrected chi connectivity index (χ2v) is 11.1. The molecule has 3 aromatic carbocycles. The normalized spacial score (nSPS) is 13.8. The van der Waals surface area contributed by atoms with Gasteiger partial charge in [0, 0.05) is 35.4 Å². The van der Waals surface area contributed by atoms with E-state index in [-0.39, 0.29) is 41.0 Å². The van der Waals surface area contributed by atoms with E-state index >= 15 is 0 Å². The summed E-state index contributed by atoms with van der Waals surface area (Å²) in [5.41, 5.74) is 4.03. The first kappa shape index (κ1) is 35.6. The Hall–Kier alpha value is -5.74. The lowest BCUT2D eigenvalue weighted by Gasteiger charge is -2.20. The van der Waals surface area contributed by atoms with Gasteiger partial charge in [-0.1, -0.05) is 12.1 Å².